The van der Waals surface area contributed by atoms with Crippen LogP contribution < -0.4 is 16.2 Å². The van der Waals surface area contributed by atoms with Gasteiger partial charge in [0.1, 0.15) is 11.9 Å². The molecule has 6 nitrogen and oxygen atoms in total. The smallest absolute Gasteiger partial charge is 0.261 e. The number of nitrogens with one attached hydrogen (secondary N) is 3. The summed E-state index contributed by atoms with van der Waals surface area (Å²) >= 11 is 0. The Morgan fingerprint density at radius 2 is 1.61 bits per heavy atom. The van der Waals surface area contributed by atoms with Crippen molar-refractivity contribution >= 4 is 17.7 Å². The fourth-order valence-electron chi connectivity index (χ4n) is 2.56. The maximum absolute atomic E-state index is 12.9. The maximum Gasteiger partial charge on any atom is 0.261 e. The van der Waals surface area contributed by atoms with Crippen LogP contribution in [0.3, 0.4) is 0 Å². The molecule has 0 spiro atoms. The Hall–Kier alpha value is -3.22. The molecule has 7 heteroatoms. The molecule has 0 fully saturated rings. The molecule has 0 heterocycles. The Balaban J connectivity index is 1.93. The van der Waals surface area contributed by atoms with Crippen molar-refractivity contribution < 1.29 is 18.8 Å². The molecule has 28 heavy (non-hydrogen) atoms. The fourth-order valence-corrected chi connectivity index (χ4v) is 2.56. The first-order valence-corrected chi connectivity index (χ1v) is 9.09. The number of hydrazine groups is 1. The quantitative estimate of drug-likeness (QED) is 0.640. The van der Waals surface area contributed by atoms with Crippen molar-refractivity contribution in [2.75, 3.05) is 0 Å². The van der Waals surface area contributed by atoms with Gasteiger partial charge >= 0.3 is 0 Å². The summed E-state index contributed by atoms with van der Waals surface area (Å²) in [7, 11) is 0. The van der Waals surface area contributed by atoms with E-state index < -0.39 is 17.9 Å². The number of amides is 3. The van der Waals surface area contributed by atoms with Crippen LogP contribution in [0.5, 0.6) is 0 Å². The lowest BCUT2D eigenvalue weighted by Gasteiger charge is -2.23. The topological polar surface area (TPSA) is 87.3 Å². The van der Waals surface area contributed by atoms with Crippen LogP contribution in [0.4, 0.5) is 4.39 Å². The van der Waals surface area contributed by atoms with Crippen molar-refractivity contribution in [3.8, 4) is 0 Å². The standard InChI is InChI=1S/C21H24FN3O3/c1-3-14(2)19(23-20(27)16-7-5-4-6-8-16)21(28)25-24-18(26)13-15-9-11-17(22)12-10-15/h4-12,14,19H,3,13H2,1-2H3,(H,23,27)(H,24,26)(H,25,28)/t14-,19+/m1/s1. The Morgan fingerprint density at radius 3 is 2.21 bits per heavy atom. The van der Waals surface area contributed by atoms with Crippen molar-refractivity contribution in [1.29, 1.82) is 0 Å². The molecule has 0 saturated heterocycles. The number of halogens is 1. The Bertz CT molecular complexity index is 809. The maximum atomic E-state index is 12.9. The van der Waals surface area contributed by atoms with Crippen molar-refractivity contribution in [2.45, 2.75) is 32.7 Å². The largest absolute Gasteiger partial charge is 0.340 e. The van der Waals surface area contributed by atoms with Gasteiger partial charge < -0.3 is 5.32 Å². The average Bonchev–Trinajstić information content (AvgIpc) is 2.71. The van der Waals surface area contributed by atoms with Gasteiger partial charge in [-0.1, -0.05) is 50.6 Å². The van der Waals surface area contributed by atoms with Crippen LogP contribution >= 0.6 is 0 Å². The second kappa shape index (κ2) is 10.2. The summed E-state index contributed by atoms with van der Waals surface area (Å²) < 4.78 is 12.9. The van der Waals surface area contributed by atoms with Gasteiger partial charge in [0.05, 0.1) is 6.42 Å². The third kappa shape index (κ3) is 6.19. The van der Waals surface area contributed by atoms with Crippen molar-refractivity contribution in [2.24, 2.45) is 5.92 Å². The van der Waals surface area contributed by atoms with Crippen molar-refractivity contribution in [1.82, 2.24) is 16.2 Å². The van der Waals surface area contributed by atoms with Gasteiger partial charge in [-0.15, -0.1) is 0 Å². The number of carbonyl (C=O) groups excluding carboxylic acids is 3. The predicted octanol–water partition coefficient (Wildman–Crippen LogP) is 2.36. The molecule has 0 aliphatic heterocycles. The third-order valence-electron chi connectivity index (χ3n) is 4.42. The van der Waals surface area contributed by atoms with E-state index in [1.807, 2.05) is 13.8 Å². The monoisotopic (exact) mass is 385 g/mol. The molecule has 3 amide bonds. The second-order valence-electron chi connectivity index (χ2n) is 6.54. The molecule has 0 saturated carbocycles. The van der Waals surface area contributed by atoms with E-state index in [4.69, 9.17) is 0 Å². The van der Waals surface area contributed by atoms with Gasteiger partial charge in [-0.25, -0.2) is 4.39 Å². The molecular formula is C21H24FN3O3. The van der Waals surface area contributed by atoms with E-state index in [0.29, 0.717) is 17.5 Å². The van der Waals surface area contributed by atoms with Gasteiger partial charge in [-0.3, -0.25) is 25.2 Å². The van der Waals surface area contributed by atoms with Crippen LogP contribution in [0.25, 0.3) is 0 Å². The third-order valence-corrected chi connectivity index (χ3v) is 4.42. The molecule has 2 aromatic rings. The molecule has 3 N–H and O–H groups in total. The summed E-state index contributed by atoms with van der Waals surface area (Å²) in [5, 5.41) is 2.72. The molecule has 0 aliphatic carbocycles. The summed E-state index contributed by atoms with van der Waals surface area (Å²) in [6, 6.07) is 13.3. The summed E-state index contributed by atoms with van der Waals surface area (Å²) in [6.07, 6.45) is 0.654. The van der Waals surface area contributed by atoms with Crippen molar-refractivity contribution in [3.05, 3.63) is 71.5 Å². The van der Waals surface area contributed by atoms with E-state index in [1.54, 1.807) is 30.3 Å². The predicted molar refractivity (Wildman–Crippen MR) is 104 cm³/mol. The minimum absolute atomic E-state index is 0.00900. The SMILES string of the molecule is CC[C@@H](C)[C@H](NC(=O)c1ccccc1)C(=O)NNC(=O)Cc1ccc(F)cc1. The van der Waals surface area contributed by atoms with Gasteiger partial charge in [-0.05, 0) is 35.7 Å². The summed E-state index contributed by atoms with van der Waals surface area (Å²) in [5.41, 5.74) is 5.76. The zero-order valence-electron chi connectivity index (χ0n) is 15.9. The molecule has 2 rings (SSSR count). The molecule has 2 aromatic carbocycles. The van der Waals surface area contributed by atoms with E-state index >= 15 is 0 Å². The Labute approximate surface area is 163 Å². The molecule has 0 aliphatic rings. The first kappa shape index (κ1) is 21.1. The lowest BCUT2D eigenvalue weighted by Crippen LogP contribution is -2.54. The zero-order chi connectivity index (χ0) is 20.5. The molecule has 0 radical (unpaired) electrons. The number of rotatable bonds is 7. The first-order valence-electron chi connectivity index (χ1n) is 9.09. The van der Waals surface area contributed by atoms with Crippen LogP contribution in [0.2, 0.25) is 0 Å². The van der Waals surface area contributed by atoms with Crippen LogP contribution in [-0.4, -0.2) is 23.8 Å². The number of carbonyl (C=O) groups is 3. The molecular weight excluding hydrogens is 361 g/mol. The van der Waals surface area contributed by atoms with Gasteiger partial charge in [0.25, 0.3) is 11.8 Å². The van der Waals surface area contributed by atoms with Crippen molar-refractivity contribution in [3.63, 3.8) is 0 Å². The van der Waals surface area contributed by atoms with Gasteiger partial charge in [0, 0.05) is 5.56 Å². The fraction of sp³-hybridized carbons (Fsp3) is 0.286. The van der Waals surface area contributed by atoms with Crippen LogP contribution in [-0.2, 0) is 16.0 Å². The highest BCUT2D eigenvalue weighted by molar-refractivity contribution is 5.97. The van der Waals surface area contributed by atoms with Gasteiger partial charge in [0.2, 0.25) is 5.91 Å². The van der Waals surface area contributed by atoms with Crippen LogP contribution in [0, 0.1) is 11.7 Å². The van der Waals surface area contributed by atoms with Gasteiger partial charge in [0.15, 0.2) is 0 Å². The average molecular weight is 385 g/mol. The lowest BCUT2D eigenvalue weighted by molar-refractivity contribution is -0.130. The zero-order valence-corrected chi connectivity index (χ0v) is 15.9. The van der Waals surface area contributed by atoms with Gasteiger partial charge in [-0.2, -0.15) is 0 Å². The van der Waals surface area contributed by atoms with E-state index in [-0.39, 0.29) is 24.1 Å². The lowest BCUT2D eigenvalue weighted by atomic mass is 9.98. The van der Waals surface area contributed by atoms with Crippen LogP contribution in [0.15, 0.2) is 54.6 Å². The number of benzene rings is 2. The highest BCUT2D eigenvalue weighted by Crippen LogP contribution is 2.09. The van der Waals surface area contributed by atoms with E-state index in [0.717, 1.165) is 0 Å². The Kier molecular flexibility index (Phi) is 7.68. The first-order chi connectivity index (χ1) is 13.4. The van der Waals surface area contributed by atoms with E-state index in [2.05, 4.69) is 16.2 Å². The highest BCUT2D eigenvalue weighted by Gasteiger charge is 2.26. The second-order valence-corrected chi connectivity index (χ2v) is 6.54. The minimum atomic E-state index is -0.802. The highest BCUT2D eigenvalue weighted by atomic mass is 19.1. The molecule has 148 valence electrons. The molecule has 0 aromatic heterocycles. The minimum Gasteiger partial charge on any atom is -0.340 e. The van der Waals surface area contributed by atoms with E-state index in [9.17, 15) is 18.8 Å². The number of hydrogen-bond acceptors (Lipinski definition) is 3. The number of hydrogen-bond donors (Lipinski definition) is 3. The summed E-state index contributed by atoms with van der Waals surface area (Å²) in [4.78, 5) is 36.9. The molecule has 2 atom stereocenters. The van der Waals surface area contributed by atoms with Crippen LogP contribution in [0.1, 0.15) is 36.2 Å². The molecule has 0 unspecified atom stereocenters. The normalized spacial score (nSPS) is 12.5. The summed E-state index contributed by atoms with van der Waals surface area (Å²) in [5.74, 6) is -1.84. The van der Waals surface area contributed by atoms with E-state index in [1.165, 1.54) is 24.3 Å². The Morgan fingerprint density at radius 1 is 0.964 bits per heavy atom. The molecule has 0 bridgehead atoms. The summed E-state index contributed by atoms with van der Waals surface area (Å²) in [6.45, 7) is 3.75.